The van der Waals surface area contributed by atoms with Crippen LogP contribution >= 0.6 is 12.4 Å². The molecule has 3 rings (SSSR count). The zero-order valence-electron chi connectivity index (χ0n) is 11.1. The molecule has 21 heavy (non-hydrogen) atoms. The Morgan fingerprint density at radius 3 is 2.14 bits per heavy atom. The number of nitro benzene ring substituents is 1. The first kappa shape index (κ1) is 16.2. The molecule has 1 N–H and O–H groups in total. The molecular formula is C12H16ClN3O4S. The first-order chi connectivity index (χ1) is 9.48. The van der Waals surface area contributed by atoms with Crippen LogP contribution in [0.3, 0.4) is 0 Å². The highest BCUT2D eigenvalue weighted by atomic mass is 35.5. The monoisotopic (exact) mass is 333 g/mol. The minimum absolute atomic E-state index is 0. The fraction of sp³-hybridized carbons (Fsp3) is 0.500. The summed E-state index contributed by atoms with van der Waals surface area (Å²) >= 11 is 0. The van der Waals surface area contributed by atoms with Crippen LogP contribution in [-0.2, 0) is 10.0 Å². The number of hydrogen-bond acceptors (Lipinski definition) is 5. The smallest absolute Gasteiger partial charge is 0.269 e. The van der Waals surface area contributed by atoms with E-state index in [0.717, 1.165) is 13.1 Å². The van der Waals surface area contributed by atoms with Gasteiger partial charge in [0.15, 0.2) is 0 Å². The van der Waals surface area contributed by atoms with Gasteiger partial charge in [-0.15, -0.1) is 12.4 Å². The number of rotatable bonds is 3. The molecular weight excluding hydrogens is 318 g/mol. The molecule has 0 aromatic heterocycles. The van der Waals surface area contributed by atoms with E-state index in [1.54, 1.807) is 0 Å². The Balaban J connectivity index is 0.00000161. The summed E-state index contributed by atoms with van der Waals surface area (Å²) in [6, 6.07) is 5.07. The Morgan fingerprint density at radius 2 is 1.67 bits per heavy atom. The number of nitro groups is 1. The lowest BCUT2D eigenvalue weighted by atomic mass is 10.0. The summed E-state index contributed by atoms with van der Waals surface area (Å²) in [5, 5.41) is 13.8. The quantitative estimate of drug-likeness (QED) is 0.654. The first-order valence-corrected chi connectivity index (χ1v) is 7.88. The van der Waals surface area contributed by atoms with E-state index in [9.17, 15) is 18.5 Å². The van der Waals surface area contributed by atoms with Gasteiger partial charge in [0, 0.05) is 25.2 Å². The van der Waals surface area contributed by atoms with Gasteiger partial charge in [0.2, 0.25) is 10.0 Å². The van der Waals surface area contributed by atoms with Gasteiger partial charge >= 0.3 is 0 Å². The molecule has 2 saturated heterocycles. The van der Waals surface area contributed by atoms with E-state index in [1.807, 2.05) is 0 Å². The number of nitrogens with zero attached hydrogens (tertiary/aromatic N) is 2. The minimum Gasteiger partial charge on any atom is -0.316 e. The number of hydrogen-bond donors (Lipinski definition) is 1. The molecule has 0 spiro atoms. The Morgan fingerprint density at radius 1 is 1.14 bits per heavy atom. The second-order valence-corrected chi connectivity index (χ2v) is 7.19. The summed E-state index contributed by atoms with van der Waals surface area (Å²) < 4.78 is 26.5. The van der Waals surface area contributed by atoms with Gasteiger partial charge in [-0.2, -0.15) is 4.31 Å². The van der Waals surface area contributed by atoms with Gasteiger partial charge in [-0.05, 0) is 37.1 Å². The number of sulfonamides is 1. The lowest BCUT2D eigenvalue weighted by Crippen LogP contribution is -2.31. The molecule has 0 radical (unpaired) electrons. The van der Waals surface area contributed by atoms with Crippen molar-refractivity contribution in [2.45, 2.75) is 4.90 Å². The van der Waals surface area contributed by atoms with Crippen LogP contribution in [0, 0.1) is 22.0 Å². The number of nitrogens with one attached hydrogen (secondary N) is 1. The van der Waals surface area contributed by atoms with E-state index in [1.165, 1.54) is 28.6 Å². The second-order valence-electron chi connectivity index (χ2n) is 5.25. The van der Waals surface area contributed by atoms with Crippen LogP contribution in [0.25, 0.3) is 0 Å². The largest absolute Gasteiger partial charge is 0.316 e. The lowest BCUT2D eigenvalue weighted by molar-refractivity contribution is -0.384. The minimum atomic E-state index is -3.54. The van der Waals surface area contributed by atoms with Gasteiger partial charge < -0.3 is 5.32 Å². The molecule has 2 fully saturated rings. The highest BCUT2D eigenvalue weighted by molar-refractivity contribution is 7.89. The standard InChI is InChI=1S/C12H15N3O4S.ClH/c16-15(17)11-1-3-12(4-2-11)20(18,19)14-7-9-5-13-6-10(9)8-14;/h1-4,9-10,13H,5-8H2;1H/t9-,10+;. The molecule has 2 heterocycles. The molecule has 116 valence electrons. The molecule has 0 saturated carbocycles. The Labute approximate surface area is 128 Å². The molecule has 2 atom stereocenters. The van der Waals surface area contributed by atoms with E-state index in [0.29, 0.717) is 24.9 Å². The van der Waals surface area contributed by atoms with Gasteiger partial charge in [0.1, 0.15) is 0 Å². The van der Waals surface area contributed by atoms with Gasteiger partial charge in [-0.1, -0.05) is 0 Å². The average molecular weight is 334 g/mol. The third kappa shape index (κ3) is 2.89. The molecule has 0 amide bonds. The van der Waals surface area contributed by atoms with Crippen molar-refractivity contribution >= 4 is 28.1 Å². The molecule has 0 aliphatic carbocycles. The highest BCUT2D eigenvalue weighted by Crippen LogP contribution is 2.31. The molecule has 9 heteroatoms. The fourth-order valence-corrected chi connectivity index (χ4v) is 4.45. The zero-order chi connectivity index (χ0) is 14.3. The van der Waals surface area contributed by atoms with Gasteiger partial charge in [0.05, 0.1) is 9.82 Å². The Kier molecular flexibility index (Phi) is 4.52. The summed E-state index contributed by atoms with van der Waals surface area (Å²) in [5.74, 6) is 0.755. The van der Waals surface area contributed by atoms with Crippen molar-refractivity contribution in [1.82, 2.24) is 9.62 Å². The summed E-state index contributed by atoms with van der Waals surface area (Å²) in [6.07, 6.45) is 0. The summed E-state index contributed by atoms with van der Waals surface area (Å²) in [4.78, 5) is 10.2. The number of halogens is 1. The number of benzene rings is 1. The molecule has 0 unspecified atom stereocenters. The van der Waals surface area contributed by atoms with Crippen LogP contribution in [-0.4, -0.2) is 43.8 Å². The zero-order valence-corrected chi connectivity index (χ0v) is 12.8. The molecule has 1 aromatic carbocycles. The van der Waals surface area contributed by atoms with Crippen LogP contribution in [0.2, 0.25) is 0 Å². The van der Waals surface area contributed by atoms with E-state index in [-0.39, 0.29) is 23.0 Å². The topological polar surface area (TPSA) is 92.5 Å². The first-order valence-electron chi connectivity index (χ1n) is 6.44. The third-order valence-corrected chi connectivity index (χ3v) is 5.89. The van der Waals surface area contributed by atoms with Crippen molar-refractivity contribution in [1.29, 1.82) is 0 Å². The van der Waals surface area contributed by atoms with E-state index in [2.05, 4.69) is 5.32 Å². The number of fused-ring (bicyclic) bond motifs is 1. The Hall–Kier alpha value is -1.22. The van der Waals surface area contributed by atoms with Crippen molar-refractivity contribution in [2.24, 2.45) is 11.8 Å². The van der Waals surface area contributed by atoms with Gasteiger partial charge in [0.25, 0.3) is 5.69 Å². The van der Waals surface area contributed by atoms with Crippen LogP contribution in [0.15, 0.2) is 29.2 Å². The highest BCUT2D eigenvalue weighted by Gasteiger charge is 2.41. The van der Waals surface area contributed by atoms with E-state index < -0.39 is 14.9 Å². The molecule has 2 aliphatic rings. The predicted octanol–water partition coefficient (Wildman–Crippen LogP) is 0.857. The van der Waals surface area contributed by atoms with Crippen LogP contribution in [0.5, 0.6) is 0 Å². The van der Waals surface area contributed by atoms with Crippen molar-refractivity contribution in [3.63, 3.8) is 0 Å². The normalized spacial score (nSPS) is 25.3. The molecule has 0 bridgehead atoms. The van der Waals surface area contributed by atoms with E-state index in [4.69, 9.17) is 0 Å². The van der Waals surface area contributed by atoms with Crippen molar-refractivity contribution < 1.29 is 13.3 Å². The fourth-order valence-electron chi connectivity index (χ4n) is 2.90. The van der Waals surface area contributed by atoms with Gasteiger partial charge in [-0.3, -0.25) is 10.1 Å². The maximum absolute atomic E-state index is 12.5. The second kappa shape index (κ2) is 5.88. The molecule has 2 aliphatic heterocycles. The van der Waals surface area contributed by atoms with Gasteiger partial charge in [-0.25, -0.2) is 8.42 Å². The van der Waals surface area contributed by atoms with E-state index >= 15 is 0 Å². The predicted molar refractivity (Wildman–Crippen MR) is 79.0 cm³/mol. The SMILES string of the molecule is Cl.O=[N+]([O-])c1ccc(S(=O)(=O)N2C[C@H]3CNC[C@H]3C2)cc1. The maximum atomic E-state index is 12.5. The average Bonchev–Trinajstić information content (AvgIpc) is 2.99. The summed E-state index contributed by atoms with van der Waals surface area (Å²) in [7, 11) is -3.54. The molecule has 1 aromatic rings. The van der Waals surface area contributed by atoms with Crippen LogP contribution < -0.4 is 5.32 Å². The number of non-ortho nitro benzene ring substituents is 1. The maximum Gasteiger partial charge on any atom is 0.269 e. The van der Waals surface area contributed by atoms with Crippen LogP contribution in [0.1, 0.15) is 0 Å². The van der Waals surface area contributed by atoms with Crippen LogP contribution in [0.4, 0.5) is 5.69 Å². The van der Waals surface area contributed by atoms with Crippen molar-refractivity contribution in [3.8, 4) is 0 Å². The Bertz CT molecular complexity index is 622. The molecule has 7 nitrogen and oxygen atoms in total. The third-order valence-electron chi connectivity index (χ3n) is 4.04. The van der Waals surface area contributed by atoms with Crippen molar-refractivity contribution in [3.05, 3.63) is 34.4 Å². The summed E-state index contributed by atoms with van der Waals surface area (Å²) in [6.45, 7) is 2.77. The van der Waals surface area contributed by atoms with Crippen molar-refractivity contribution in [2.75, 3.05) is 26.2 Å². The summed E-state index contributed by atoms with van der Waals surface area (Å²) in [5.41, 5.74) is -0.105. The lowest BCUT2D eigenvalue weighted by Gasteiger charge is -2.17.